The molecule has 5 heteroatoms. The van der Waals surface area contributed by atoms with E-state index in [4.69, 9.17) is 4.74 Å². The van der Waals surface area contributed by atoms with Crippen molar-refractivity contribution in [2.45, 2.75) is 56.9 Å². The van der Waals surface area contributed by atoms with Gasteiger partial charge < -0.3 is 9.84 Å². The number of hydrogen-bond donors (Lipinski definition) is 1. The molecule has 1 aliphatic carbocycles. The number of ether oxygens (including phenoxy) is 1. The Morgan fingerprint density at radius 1 is 1.05 bits per heavy atom. The minimum atomic E-state index is -4.38. The SMILES string of the molecule is O[C@H]1CCCCCC[C@H]1Oc1cccc(C(F)(F)F)c1. The average molecular weight is 288 g/mol. The Balaban J connectivity index is 2.07. The molecule has 2 nitrogen and oxygen atoms in total. The third-order valence-corrected chi connectivity index (χ3v) is 3.62. The van der Waals surface area contributed by atoms with Crippen LogP contribution in [0.25, 0.3) is 0 Å². The Morgan fingerprint density at radius 2 is 1.75 bits per heavy atom. The summed E-state index contributed by atoms with van der Waals surface area (Å²) in [5, 5.41) is 10.0. The smallest absolute Gasteiger partial charge is 0.416 e. The monoisotopic (exact) mass is 288 g/mol. The lowest BCUT2D eigenvalue weighted by Gasteiger charge is -2.26. The molecule has 0 heterocycles. The molecule has 0 spiro atoms. The van der Waals surface area contributed by atoms with E-state index in [1.165, 1.54) is 12.1 Å². The van der Waals surface area contributed by atoms with Crippen LogP contribution in [0.3, 0.4) is 0 Å². The van der Waals surface area contributed by atoms with E-state index >= 15 is 0 Å². The summed E-state index contributed by atoms with van der Waals surface area (Å²) in [5.41, 5.74) is -0.727. The van der Waals surface area contributed by atoms with Crippen LogP contribution >= 0.6 is 0 Å². The van der Waals surface area contributed by atoms with Crippen LogP contribution in [0.1, 0.15) is 44.1 Å². The Kier molecular flexibility index (Phi) is 4.91. The second-order valence-corrected chi connectivity index (χ2v) is 5.24. The minimum absolute atomic E-state index is 0.171. The van der Waals surface area contributed by atoms with Gasteiger partial charge in [-0.1, -0.05) is 25.3 Å². The van der Waals surface area contributed by atoms with Crippen molar-refractivity contribution in [3.05, 3.63) is 29.8 Å². The van der Waals surface area contributed by atoms with Gasteiger partial charge in [0.2, 0.25) is 0 Å². The van der Waals surface area contributed by atoms with Gasteiger partial charge in [-0.15, -0.1) is 0 Å². The molecule has 1 N–H and O–H groups in total. The predicted molar refractivity (Wildman–Crippen MR) is 69.6 cm³/mol. The molecule has 1 aliphatic rings. The van der Waals surface area contributed by atoms with Crippen molar-refractivity contribution in [3.8, 4) is 5.75 Å². The first-order valence-electron chi connectivity index (χ1n) is 6.99. The van der Waals surface area contributed by atoms with Gasteiger partial charge in [-0.05, 0) is 37.5 Å². The topological polar surface area (TPSA) is 29.5 Å². The molecule has 112 valence electrons. The third-order valence-electron chi connectivity index (χ3n) is 3.62. The molecule has 1 fully saturated rings. The van der Waals surface area contributed by atoms with Gasteiger partial charge in [0.25, 0.3) is 0 Å². The highest BCUT2D eigenvalue weighted by molar-refractivity contribution is 5.30. The summed E-state index contributed by atoms with van der Waals surface area (Å²) >= 11 is 0. The van der Waals surface area contributed by atoms with Crippen LogP contribution in [-0.4, -0.2) is 17.3 Å². The van der Waals surface area contributed by atoms with E-state index in [-0.39, 0.29) is 5.75 Å². The molecule has 0 aliphatic heterocycles. The second-order valence-electron chi connectivity index (χ2n) is 5.24. The molecule has 0 aromatic heterocycles. The maximum absolute atomic E-state index is 12.6. The van der Waals surface area contributed by atoms with Crippen LogP contribution in [0.15, 0.2) is 24.3 Å². The lowest BCUT2D eigenvalue weighted by atomic mass is 9.96. The van der Waals surface area contributed by atoms with Crippen molar-refractivity contribution in [2.24, 2.45) is 0 Å². The number of rotatable bonds is 2. The largest absolute Gasteiger partial charge is 0.488 e. The molecule has 1 saturated carbocycles. The fourth-order valence-electron chi connectivity index (χ4n) is 2.49. The van der Waals surface area contributed by atoms with Crippen LogP contribution in [0.4, 0.5) is 13.2 Å². The molecule has 20 heavy (non-hydrogen) atoms. The first kappa shape index (κ1) is 15.2. The molecule has 1 aromatic carbocycles. The lowest BCUT2D eigenvalue weighted by Crippen LogP contribution is -2.32. The Hall–Kier alpha value is -1.23. The number of benzene rings is 1. The summed E-state index contributed by atoms with van der Waals surface area (Å²) in [6.07, 6.45) is -0.0455. The van der Waals surface area contributed by atoms with Gasteiger partial charge >= 0.3 is 6.18 Å². The van der Waals surface area contributed by atoms with Crippen LogP contribution in [0, 0.1) is 0 Å². The van der Waals surface area contributed by atoms with Gasteiger partial charge in [-0.3, -0.25) is 0 Å². The summed E-state index contributed by atoms with van der Waals surface area (Å²) in [6.45, 7) is 0. The van der Waals surface area contributed by atoms with E-state index in [2.05, 4.69) is 0 Å². The Bertz CT molecular complexity index is 431. The van der Waals surface area contributed by atoms with Gasteiger partial charge in [-0.2, -0.15) is 13.2 Å². The quantitative estimate of drug-likeness (QED) is 0.885. The molecule has 0 radical (unpaired) electrons. The first-order chi connectivity index (χ1) is 9.47. The molecule has 0 bridgehead atoms. The van der Waals surface area contributed by atoms with Crippen molar-refractivity contribution < 1.29 is 23.0 Å². The highest BCUT2D eigenvalue weighted by Crippen LogP contribution is 2.32. The zero-order chi connectivity index (χ0) is 14.6. The van der Waals surface area contributed by atoms with E-state index in [1.807, 2.05) is 0 Å². The van der Waals surface area contributed by atoms with E-state index in [0.717, 1.165) is 37.8 Å². The van der Waals surface area contributed by atoms with E-state index in [9.17, 15) is 18.3 Å². The van der Waals surface area contributed by atoms with Crippen molar-refractivity contribution in [1.82, 2.24) is 0 Å². The van der Waals surface area contributed by atoms with Crippen LogP contribution in [0.2, 0.25) is 0 Å². The second kappa shape index (κ2) is 6.48. The normalized spacial score (nSPS) is 24.8. The Morgan fingerprint density at radius 3 is 2.45 bits per heavy atom. The van der Waals surface area contributed by atoms with E-state index in [0.29, 0.717) is 12.8 Å². The molecule has 2 rings (SSSR count). The first-order valence-corrected chi connectivity index (χ1v) is 6.99. The van der Waals surface area contributed by atoms with Crippen LogP contribution < -0.4 is 4.74 Å². The minimum Gasteiger partial charge on any atom is -0.488 e. The summed E-state index contributed by atoms with van der Waals surface area (Å²) in [5.74, 6) is 0.171. The summed E-state index contributed by atoms with van der Waals surface area (Å²) in [6, 6.07) is 4.83. The maximum atomic E-state index is 12.6. The fraction of sp³-hybridized carbons (Fsp3) is 0.600. The van der Waals surface area contributed by atoms with Gasteiger partial charge in [0.15, 0.2) is 0 Å². The highest BCUT2D eigenvalue weighted by Gasteiger charge is 2.31. The van der Waals surface area contributed by atoms with Gasteiger partial charge in [-0.25, -0.2) is 0 Å². The van der Waals surface area contributed by atoms with Crippen molar-refractivity contribution >= 4 is 0 Å². The predicted octanol–water partition coefficient (Wildman–Crippen LogP) is 4.17. The van der Waals surface area contributed by atoms with Gasteiger partial charge in [0.05, 0.1) is 11.7 Å². The molecule has 1 aromatic rings. The average Bonchev–Trinajstić information content (AvgIpc) is 2.38. The summed E-state index contributed by atoms with van der Waals surface area (Å²) in [7, 11) is 0. The van der Waals surface area contributed by atoms with Gasteiger partial charge in [0, 0.05) is 0 Å². The fourth-order valence-corrected chi connectivity index (χ4v) is 2.49. The van der Waals surface area contributed by atoms with E-state index < -0.39 is 23.9 Å². The number of aliphatic hydroxyl groups excluding tert-OH is 1. The van der Waals surface area contributed by atoms with Crippen LogP contribution in [-0.2, 0) is 6.18 Å². The van der Waals surface area contributed by atoms with Gasteiger partial charge in [0.1, 0.15) is 11.9 Å². The van der Waals surface area contributed by atoms with Crippen molar-refractivity contribution in [2.75, 3.05) is 0 Å². The molecule has 0 saturated heterocycles. The zero-order valence-electron chi connectivity index (χ0n) is 11.2. The van der Waals surface area contributed by atoms with Crippen molar-refractivity contribution in [3.63, 3.8) is 0 Å². The summed E-state index contributed by atoms with van der Waals surface area (Å²) < 4.78 is 43.5. The molecular weight excluding hydrogens is 269 g/mol. The van der Waals surface area contributed by atoms with Crippen LogP contribution in [0.5, 0.6) is 5.75 Å². The van der Waals surface area contributed by atoms with Crippen molar-refractivity contribution in [1.29, 1.82) is 0 Å². The lowest BCUT2D eigenvalue weighted by molar-refractivity contribution is -0.137. The highest BCUT2D eigenvalue weighted by atomic mass is 19.4. The molecular formula is C15H19F3O2. The third kappa shape index (κ3) is 4.13. The zero-order valence-corrected chi connectivity index (χ0v) is 11.2. The molecule has 0 unspecified atom stereocenters. The number of hydrogen-bond acceptors (Lipinski definition) is 2. The molecule has 0 amide bonds. The number of alkyl halides is 3. The number of aliphatic hydroxyl groups is 1. The molecule has 2 atom stereocenters. The maximum Gasteiger partial charge on any atom is 0.416 e. The number of halogens is 3. The van der Waals surface area contributed by atoms with E-state index in [1.54, 1.807) is 0 Å². The Labute approximate surface area is 116 Å². The standard InChI is InChI=1S/C15H19F3O2/c16-15(17,18)11-6-5-7-12(10-11)20-14-9-4-2-1-3-8-13(14)19/h5-7,10,13-14,19H,1-4,8-9H2/t13-,14+/m0/s1. The summed E-state index contributed by atoms with van der Waals surface area (Å²) in [4.78, 5) is 0.